The first-order chi connectivity index (χ1) is 8.74. The van der Waals surface area contributed by atoms with Crippen LogP contribution in [-0.2, 0) is 6.54 Å². The third-order valence-corrected chi connectivity index (χ3v) is 3.56. The molecule has 0 aliphatic carbocycles. The van der Waals surface area contributed by atoms with Gasteiger partial charge in [0.25, 0.3) is 0 Å². The number of benzene rings is 1. The lowest BCUT2D eigenvalue weighted by Crippen LogP contribution is -2.02. The summed E-state index contributed by atoms with van der Waals surface area (Å²) in [5.41, 5.74) is 7.55. The van der Waals surface area contributed by atoms with E-state index < -0.39 is 0 Å². The van der Waals surface area contributed by atoms with Crippen LogP contribution in [0.3, 0.4) is 0 Å². The Morgan fingerprint density at radius 2 is 2.06 bits per heavy atom. The van der Waals surface area contributed by atoms with Crippen molar-refractivity contribution in [2.24, 2.45) is 0 Å². The number of methoxy groups -OCH3 is 2. The molecule has 0 unspecified atom stereocenters. The van der Waals surface area contributed by atoms with Crippen molar-refractivity contribution in [3.05, 3.63) is 34.5 Å². The highest BCUT2D eigenvalue weighted by Crippen LogP contribution is 2.30. The number of hydrogen-bond donors (Lipinski definition) is 2. The van der Waals surface area contributed by atoms with Crippen LogP contribution in [-0.4, -0.2) is 14.2 Å². The molecule has 3 N–H and O–H groups in total. The second-order valence-corrected chi connectivity index (χ2v) is 4.72. The molecule has 0 bridgehead atoms. The zero-order valence-corrected chi connectivity index (χ0v) is 11.2. The van der Waals surface area contributed by atoms with Gasteiger partial charge in [0.05, 0.1) is 26.5 Å². The van der Waals surface area contributed by atoms with Gasteiger partial charge in [0.15, 0.2) is 0 Å². The first kappa shape index (κ1) is 12.6. The zero-order chi connectivity index (χ0) is 13.0. The molecule has 0 spiro atoms. The van der Waals surface area contributed by atoms with Gasteiger partial charge < -0.3 is 20.5 Å². The Morgan fingerprint density at radius 3 is 2.67 bits per heavy atom. The van der Waals surface area contributed by atoms with E-state index in [0.29, 0.717) is 6.54 Å². The number of ether oxygens (including phenoxy) is 2. The summed E-state index contributed by atoms with van der Waals surface area (Å²) in [6, 6.07) is 7.55. The molecular weight excluding hydrogens is 248 g/mol. The van der Waals surface area contributed by atoms with Gasteiger partial charge in [0.1, 0.15) is 11.5 Å². The average Bonchev–Trinajstić information content (AvgIpc) is 2.81. The molecule has 18 heavy (non-hydrogen) atoms. The van der Waals surface area contributed by atoms with Crippen LogP contribution < -0.4 is 20.5 Å². The van der Waals surface area contributed by atoms with Crippen molar-refractivity contribution in [1.29, 1.82) is 0 Å². The molecule has 5 heteroatoms. The van der Waals surface area contributed by atoms with Crippen LogP contribution in [0.1, 0.15) is 4.88 Å². The van der Waals surface area contributed by atoms with Crippen LogP contribution in [0.5, 0.6) is 11.5 Å². The SMILES string of the molecule is COc1ccc(OC)c(NCc2sccc2N)c1. The fourth-order valence-corrected chi connectivity index (χ4v) is 2.36. The van der Waals surface area contributed by atoms with Crippen molar-refractivity contribution in [2.75, 3.05) is 25.3 Å². The van der Waals surface area contributed by atoms with Gasteiger partial charge in [-0.05, 0) is 23.6 Å². The van der Waals surface area contributed by atoms with Crippen molar-refractivity contribution in [3.8, 4) is 11.5 Å². The topological polar surface area (TPSA) is 56.5 Å². The first-order valence-electron chi connectivity index (χ1n) is 5.52. The first-order valence-corrected chi connectivity index (χ1v) is 6.40. The zero-order valence-electron chi connectivity index (χ0n) is 10.4. The molecule has 1 heterocycles. The third kappa shape index (κ3) is 2.68. The van der Waals surface area contributed by atoms with Crippen molar-refractivity contribution < 1.29 is 9.47 Å². The van der Waals surface area contributed by atoms with Crippen molar-refractivity contribution >= 4 is 22.7 Å². The number of hydrogen-bond acceptors (Lipinski definition) is 5. The fourth-order valence-electron chi connectivity index (χ4n) is 1.62. The van der Waals surface area contributed by atoms with Gasteiger partial charge >= 0.3 is 0 Å². The van der Waals surface area contributed by atoms with E-state index in [1.165, 1.54) is 0 Å². The highest BCUT2D eigenvalue weighted by molar-refractivity contribution is 7.10. The maximum Gasteiger partial charge on any atom is 0.142 e. The Morgan fingerprint density at radius 1 is 1.22 bits per heavy atom. The summed E-state index contributed by atoms with van der Waals surface area (Å²) in [4.78, 5) is 1.11. The molecule has 0 radical (unpaired) electrons. The lowest BCUT2D eigenvalue weighted by molar-refractivity contribution is 0.404. The molecule has 0 aliphatic heterocycles. The summed E-state index contributed by atoms with van der Waals surface area (Å²) in [7, 11) is 3.29. The minimum Gasteiger partial charge on any atom is -0.497 e. The number of nitrogen functional groups attached to an aromatic ring is 1. The van der Waals surface area contributed by atoms with Crippen LogP contribution in [0.15, 0.2) is 29.6 Å². The molecule has 0 fully saturated rings. The molecule has 0 amide bonds. The monoisotopic (exact) mass is 264 g/mol. The number of thiophene rings is 1. The van der Waals surface area contributed by atoms with Crippen LogP contribution in [0.25, 0.3) is 0 Å². The maximum atomic E-state index is 5.85. The van der Waals surface area contributed by atoms with Gasteiger partial charge in [-0.25, -0.2) is 0 Å². The molecular formula is C13H16N2O2S. The maximum absolute atomic E-state index is 5.85. The average molecular weight is 264 g/mol. The van der Waals surface area contributed by atoms with Crippen LogP contribution in [0, 0.1) is 0 Å². The van der Waals surface area contributed by atoms with E-state index in [1.54, 1.807) is 25.6 Å². The van der Waals surface area contributed by atoms with E-state index in [9.17, 15) is 0 Å². The Balaban J connectivity index is 2.14. The Hall–Kier alpha value is -1.88. The number of nitrogens with one attached hydrogen (secondary N) is 1. The third-order valence-electron chi connectivity index (χ3n) is 2.63. The Labute approximate surface area is 110 Å². The number of nitrogens with two attached hydrogens (primary N) is 1. The normalized spacial score (nSPS) is 10.1. The summed E-state index contributed by atoms with van der Waals surface area (Å²) in [6.45, 7) is 0.674. The van der Waals surface area contributed by atoms with E-state index in [1.807, 2.05) is 29.6 Å². The summed E-state index contributed by atoms with van der Waals surface area (Å²) in [5, 5.41) is 5.29. The van der Waals surface area contributed by atoms with Gasteiger partial charge in [-0.3, -0.25) is 0 Å². The second-order valence-electron chi connectivity index (χ2n) is 3.72. The highest BCUT2D eigenvalue weighted by atomic mass is 32.1. The predicted octanol–water partition coefficient (Wildman–Crippen LogP) is 2.96. The van der Waals surface area contributed by atoms with E-state index in [4.69, 9.17) is 15.2 Å². The quantitative estimate of drug-likeness (QED) is 0.871. The van der Waals surface area contributed by atoms with Crippen LogP contribution in [0.4, 0.5) is 11.4 Å². The molecule has 96 valence electrons. The minimum absolute atomic E-state index is 0.674. The molecule has 2 aromatic rings. The van der Waals surface area contributed by atoms with E-state index in [0.717, 1.165) is 27.8 Å². The highest BCUT2D eigenvalue weighted by Gasteiger charge is 2.06. The predicted molar refractivity (Wildman–Crippen MR) is 75.6 cm³/mol. The summed E-state index contributed by atoms with van der Waals surface area (Å²) in [6.07, 6.45) is 0. The summed E-state index contributed by atoms with van der Waals surface area (Å²) in [5.74, 6) is 1.57. The number of rotatable bonds is 5. The largest absolute Gasteiger partial charge is 0.497 e. The molecule has 0 atom stereocenters. The molecule has 2 rings (SSSR count). The molecule has 0 saturated carbocycles. The molecule has 1 aromatic heterocycles. The van der Waals surface area contributed by atoms with Crippen LogP contribution >= 0.6 is 11.3 Å². The van der Waals surface area contributed by atoms with Gasteiger partial charge in [-0.1, -0.05) is 0 Å². The second kappa shape index (κ2) is 5.64. The van der Waals surface area contributed by atoms with Crippen molar-refractivity contribution in [3.63, 3.8) is 0 Å². The summed E-state index contributed by atoms with van der Waals surface area (Å²) < 4.78 is 10.5. The van der Waals surface area contributed by atoms with Gasteiger partial charge in [-0.2, -0.15) is 0 Å². The Bertz CT molecular complexity index is 525. The van der Waals surface area contributed by atoms with Crippen LogP contribution in [0.2, 0.25) is 0 Å². The molecule has 1 aromatic carbocycles. The molecule has 0 saturated heterocycles. The molecule has 0 aliphatic rings. The lowest BCUT2D eigenvalue weighted by atomic mass is 10.2. The van der Waals surface area contributed by atoms with Gasteiger partial charge in [0.2, 0.25) is 0 Å². The van der Waals surface area contributed by atoms with Crippen molar-refractivity contribution in [2.45, 2.75) is 6.54 Å². The van der Waals surface area contributed by atoms with E-state index >= 15 is 0 Å². The number of anilines is 2. The van der Waals surface area contributed by atoms with Gasteiger partial charge in [0, 0.05) is 16.6 Å². The summed E-state index contributed by atoms with van der Waals surface area (Å²) >= 11 is 1.63. The standard InChI is InChI=1S/C13H16N2O2S/c1-16-9-3-4-12(17-2)11(7-9)15-8-13-10(14)5-6-18-13/h3-7,15H,8,14H2,1-2H3. The Kier molecular flexibility index (Phi) is 3.94. The van der Waals surface area contributed by atoms with E-state index in [-0.39, 0.29) is 0 Å². The molecule has 4 nitrogen and oxygen atoms in total. The lowest BCUT2D eigenvalue weighted by Gasteiger charge is -2.12. The minimum atomic E-state index is 0.674. The van der Waals surface area contributed by atoms with Gasteiger partial charge in [-0.15, -0.1) is 11.3 Å². The fraction of sp³-hybridized carbons (Fsp3) is 0.231. The smallest absolute Gasteiger partial charge is 0.142 e. The van der Waals surface area contributed by atoms with Crippen molar-refractivity contribution in [1.82, 2.24) is 0 Å². The van der Waals surface area contributed by atoms with E-state index in [2.05, 4.69) is 5.32 Å².